The Bertz CT molecular complexity index is 565. The Labute approximate surface area is 120 Å². The second-order valence-electron chi connectivity index (χ2n) is 3.49. The van der Waals surface area contributed by atoms with Gasteiger partial charge in [0.1, 0.15) is 0 Å². The summed E-state index contributed by atoms with van der Waals surface area (Å²) in [5.41, 5.74) is -0.140. The van der Waals surface area contributed by atoms with Gasteiger partial charge in [0, 0.05) is 11.1 Å². The smallest absolute Gasteiger partial charge is 0.337 e. The highest BCUT2D eigenvalue weighted by molar-refractivity contribution is 6.38. The van der Waals surface area contributed by atoms with Gasteiger partial charge in [0.05, 0.1) is 16.3 Å². The number of aromatic carboxylic acids is 1. The lowest BCUT2D eigenvalue weighted by Crippen LogP contribution is -2.12. The van der Waals surface area contributed by atoms with Gasteiger partial charge in [-0.3, -0.25) is 4.79 Å². The number of carboxylic acid groups (broad SMARTS) is 1. The van der Waals surface area contributed by atoms with Crippen LogP contribution in [0.4, 0.5) is 5.69 Å². The van der Waals surface area contributed by atoms with Gasteiger partial charge in [0.15, 0.2) is 0 Å². The van der Waals surface area contributed by atoms with Gasteiger partial charge in [-0.1, -0.05) is 41.4 Å². The molecule has 0 fully saturated rings. The van der Waals surface area contributed by atoms with Crippen LogP contribution in [0.25, 0.3) is 0 Å². The molecule has 1 aromatic carbocycles. The first-order valence-corrected chi connectivity index (χ1v) is 6.04. The van der Waals surface area contributed by atoms with Crippen LogP contribution in [0.1, 0.15) is 17.3 Å². The summed E-state index contributed by atoms with van der Waals surface area (Å²) >= 11 is 11.6. The third-order valence-corrected chi connectivity index (χ3v) is 2.60. The molecule has 100 valence electrons. The molecular weight excluding hydrogens is 289 g/mol. The fraction of sp³-hybridized carbons (Fsp3) is 0.0769. The predicted molar refractivity (Wildman–Crippen MR) is 76.0 cm³/mol. The van der Waals surface area contributed by atoms with E-state index in [2.05, 4.69) is 5.32 Å². The Morgan fingerprint density at radius 3 is 2.53 bits per heavy atom. The minimum absolute atomic E-state index is 0.0219. The van der Waals surface area contributed by atoms with Crippen molar-refractivity contribution in [2.24, 2.45) is 0 Å². The fourth-order valence-corrected chi connectivity index (χ4v) is 1.83. The number of nitrogens with one attached hydrogen (secondary N) is 1. The number of benzene rings is 1. The van der Waals surface area contributed by atoms with Crippen molar-refractivity contribution < 1.29 is 14.7 Å². The Morgan fingerprint density at radius 1 is 1.26 bits per heavy atom. The van der Waals surface area contributed by atoms with Crippen LogP contribution in [0.5, 0.6) is 0 Å². The Balaban J connectivity index is 3.06. The van der Waals surface area contributed by atoms with Gasteiger partial charge in [-0.05, 0) is 19.1 Å². The molecule has 6 heteroatoms. The average molecular weight is 300 g/mol. The van der Waals surface area contributed by atoms with Crippen molar-refractivity contribution >= 4 is 40.8 Å². The minimum atomic E-state index is -1.22. The highest BCUT2D eigenvalue weighted by Gasteiger charge is 2.16. The first kappa shape index (κ1) is 15.3. The van der Waals surface area contributed by atoms with E-state index in [0.29, 0.717) is 0 Å². The summed E-state index contributed by atoms with van der Waals surface area (Å²) in [5, 5.41) is 11.7. The molecule has 4 nitrogen and oxygen atoms in total. The second kappa shape index (κ2) is 6.97. The van der Waals surface area contributed by atoms with Gasteiger partial charge in [0.2, 0.25) is 5.91 Å². The van der Waals surface area contributed by atoms with Gasteiger partial charge in [-0.25, -0.2) is 4.79 Å². The number of carbonyl (C=O) groups excluding carboxylic acids is 1. The van der Waals surface area contributed by atoms with Crippen LogP contribution in [-0.4, -0.2) is 17.0 Å². The molecule has 0 unspecified atom stereocenters. The number of anilines is 1. The molecule has 0 saturated carbocycles. The zero-order chi connectivity index (χ0) is 14.4. The molecule has 0 saturated heterocycles. The predicted octanol–water partition coefficient (Wildman–Crippen LogP) is 3.76. The van der Waals surface area contributed by atoms with E-state index in [-0.39, 0.29) is 21.3 Å². The topological polar surface area (TPSA) is 66.4 Å². The molecule has 0 spiro atoms. The minimum Gasteiger partial charge on any atom is -0.478 e. The average Bonchev–Trinajstić information content (AvgIpc) is 2.32. The number of allylic oxidation sites excluding steroid dienone is 3. The molecule has 19 heavy (non-hydrogen) atoms. The maximum absolute atomic E-state index is 11.6. The Kier molecular flexibility index (Phi) is 5.60. The molecule has 0 radical (unpaired) electrons. The second-order valence-corrected chi connectivity index (χ2v) is 4.33. The van der Waals surface area contributed by atoms with Crippen molar-refractivity contribution in [1.82, 2.24) is 0 Å². The summed E-state index contributed by atoms with van der Waals surface area (Å²) in [6.07, 6.45) is 6.21. The molecular formula is C13H11Cl2NO3. The van der Waals surface area contributed by atoms with Gasteiger partial charge in [-0.2, -0.15) is 0 Å². The van der Waals surface area contributed by atoms with E-state index in [0.717, 1.165) is 0 Å². The number of carboxylic acids is 1. The van der Waals surface area contributed by atoms with Crippen LogP contribution in [-0.2, 0) is 4.79 Å². The first-order chi connectivity index (χ1) is 8.95. The van der Waals surface area contributed by atoms with Crippen molar-refractivity contribution in [2.45, 2.75) is 6.92 Å². The summed E-state index contributed by atoms with van der Waals surface area (Å²) in [5.74, 6) is -1.71. The summed E-state index contributed by atoms with van der Waals surface area (Å²) in [4.78, 5) is 22.7. The van der Waals surface area contributed by atoms with E-state index in [1.54, 1.807) is 19.1 Å². The molecule has 0 heterocycles. The van der Waals surface area contributed by atoms with Crippen molar-refractivity contribution in [3.05, 3.63) is 52.0 Å². The van der Waals surface area contributed by atoms with Crippen LogP contribution in [0, 0.1) is 0 Å². The number of carbonyl (C=O) groups is 2. The van der Waals surface area contributed by atoms with Crippen LogP contribution < -0.4 is 5.32 Å². The molecule has 0 aromatic heterocycles. The van der Waals surface area contributed by atoms with E-state index < -0.39 is 11.9 Å². The number of amides is 1. The molecule has 0 atom stereocenters. The lowest BCUT2D eigenvalue weighted by molar-refractivity contribution is -0.111. The summed E-state index contributed by atoms with van der Waals surface area (Å²) in [7, 11) is 0. The van der Waals surface area contributed by atoms with Gasteiger partial charge in [-0.15, -0.1) is 0 Å². The molecule has 1 rings (SSSR count). The van der Waals surface area contributed by atoms with E-state index in [1.807, 2.05) is 0 Å². The molecule has 0 aliphatic rings. The number of hydrogen-bond donors (Lipinski definition) is 2. The van der Waals surface area contributed by atoms with Crippen molar-refractivity contribution in [3.8, 4) is 0 Å². The number of rotatable bonds is 4. The lowest BCUT2D eigenvalue weighted by Gasteiger charge is -2.09. The van der Waals surface area contributed by atoms with E-state index in [4.69, 9.17) is 28.3 Å². The normalized spacial score (nSPS) is 11.1. The summed E-state index contributed by atoms with van der Waals surface area (Å²) in [6.45, 7) is 1.81. The van der Waals surface area contributed by atoms with E-state index in [1.165, 1.54) is 24.3 Å². The fourth-order valence-electron chi connectivity index (χ4n) is 1.29. The SMILES string of the molecule is C/C=C/C=C/C(=O)Nc1c(Cl)cc(Cl)cc1C(=O)O. The quantitative estimate of drug-likeness (QED) is 0.657. The van der Waals surface area contributed by atoms with E-state index >= 15 is 0 Å². The third kappa shape index (κ3) is 4.43. The zero-order valence-electron chi connectivity index (χ0n) is 9.98. The standard InChI is InChI=1S/C13H11Cl2NO3/c1-2-3-4-5-11(17)16-12-9(13(18)19)6-8(14)7-10(12)15/h2-7H,1H3,(H,16,17)(H,18,19)/b3-2+,5-4+. The molecule has 2 N–H and O–H groups in total. The van der Waals surface area contributed by atoms with Crippen LogP contribution in [0.15, 0.2) is 36.4 Å². The molecule has 0 aliphatic heterocycles. The van der Waals surface area contributed by atoms with Gasteiger partial charge in [0.25, 0.3) is 0 Å². The number of halogens is 2. The summed E-state index contributed by atoms with van der Waals surface area (Å²) < 4.78 is 0. The largest absolute Gasteiger partial charge is 0.478 e. The molecule has 0 aliphatic carbocycles. The zero-order valence-corrected chi connectivity index (χ0v) is 11.5. The van der Waals surface area contributed by atoms with E-state index in [9.17, 15) is 9.59 Å². The van der Waals surface area contributed by atoms with Gasteiger partial charge < -0.3 is 10.4 Å². The first-order valence-electron chi connectivity index (χ1n) is 5.28. The Morgan fingerprint density at radius 2 is 1.95 bits per heavy atom. The van der Waals surface area contributed by atoms with Crippen molar-refractivity contribution in [1.29, 1.82) is 0 Å². The molecule has 1 amide bonds. The molecule has 0 bridgehead atoms. The number of hydrogen-bond acceptors (Lipinski definition) is 2. The van der Waals surface area contributed by atoms with Crippen molar-refractivity contribution in [2.75, 3.05) is 5.32 Å². The lowest BCUT2D eigenvalue weighted by atomic mass is 10.1. The van der Waals surface area contributed by atoms with Gasteiger partial charge >= 0.3 is 5.97 Å². The Hall–Kier alpha value is -1.78. The maximum atomic E-state index is 11.6. The molecule has 1 aromatic rings. The van der Waals surface area contributed by atoms with Crippen LogP contribution >= 0.6 is 23.2 Å². The van der Waals surface area contributed by atoms with Crippen LogP contribution in [0.2, 0.25) is 10.0 Å². The third-order valence-electron chi connectivity index (χ3n) is 2.08. The summed E-state index contributed by atoms with van der Waals surface area (Å²) in [6, 6.07) is 2.59. The van der Waals surface area contributed by atoms with Crippen LogP contribution in [0.3, 0.4) is 0 Å². The maximum Gasteiger partial charge on any atom is 0.337 e. The highest BCUT2D eigenvalue weighted by atomic mass is 35.5. The highest BCUT2D eigenvalue weighted by Crippen LogP contribution is 2.30. The van der Waals surface area contributed by atoms with Crippen molar-refractivity contribution in [3.63, 3.8) is 0 Å². The monoisotopic (exact) mass is 299 g/mol.